The van der Waals surface area contributed by atoms with Gasteiger partial charge in [0, 0.05) is 5.92 Å². The number of benzene rings is 1. The minimum Gasteiger partial charge on any atom is -0.469 e. The number of esters is 1. The van der Waals surface area contributed by atoms with Crippen LogP contribution in [0, 0.1) is 11.8 Å². The van der Waals surface area contributed by atoms with Crippen molar-refractivity contribution >= 4 is 14.0 Å². The van der Waals surface area contributed by atoms with Crippen molar-refractivity contribution in [3.63, 3.8) is 0 Å². The highest BCUT2D eigenvalue weighted by atomic mass is 28.3. The Morgan fingerprint density at radius 2 is 1.84 bits per heavy atom. The second kappa shape index (κ2) is 5.33. The standard InChI is InChI=1S/C16H22O2Si/c1-18-16(17)15-13(10-11-19(2,3)4)14(15)12-8-6-5-7-9-12/h5-11,13-15H,1-4H3/b11-10+/t13-,14-,15-/m1/s1. The van der Waals surface area contributed by atoms with E-state index in [2.05, 4.69) is 43.5 Å². The molecule has 1 saturated carbocycles. The van der Waals surface area contributed by atoms with Gasteiger partial charge in [0.25, 0.3) is 0 Å². The van der Waals surface area contributed by atoms with Gasteiger partial charge in [-0.15, -0.1) is 0 Å². The molecule has 1 aliphatic rings. The zero-order chi connectivity index (χ0) is 14.0. The summed E-state index contributed by atoms with van der Waals surface area (Å²) >= 11 is 0. The molecule has 2 nitrogen and oxygen atoms in total. The van der Waals surface area contributed by atoms with Gasteiger partial charge in [-0.25, -0.2) is 0 Å². The fraction of sp³-hybridized carbons (Fsp3) is 0.438. The Labute approximate surface area is 116 Å². The van der Waals surface area contributed by atoms with Crippen LogP contribution in [0.25, 0.3) is 0 Å². The third kappa shape index (κ3) is 3.35. The van der Waals surface area contributed by atoms with Crippen LogP contribution in [0.4, 0.5) is 0 Å². The second-order valence-electron chi connectivity index (χ2n) is 6.29. The van der Waals surface area contributed by atoms with E-state index in [9.17, 15) is 4.79 Å². The van der Waals surface area contributed by atoms with Crippen molar-refractivity contribution < 1.29 is 9.53 Å². The third-order valence-corrected chi connectivity index (χ3v) is 4.74. The number of rotatable bonds is 4. The summed E-state index contributed by atoms with van der Waals surface area (Å²) in [4.78, 5) is 11.8. The van der Waals surface area contributed by atoms with Crippen LogP contribution < -0.4 is 0 Å². The van der Waals surface area contributed by atoms with Crippen molar-refractivity contribution in [3.8, 4) is 0 Å². The topological polar surface area (TPSA) is 26.3 Å². The molecule has 19 heavy (non-hydrogen) atoms. The van der Waals surface area contributed by atoms with Crippen molar-refractivity contribution in [1.29, 1.82) is 0 Å². The maximum absolute atomic E-state index is 11.8. The molecule has 0 aliphatic heterocycles. The molecule has 102 valence electrons. The summed E-state index contributed by atoms with van der Waals surface area (Å²) in [5.41, 5.74) is 3.57. The third-order valence-electron chi connectivity index (χ3n) is 3.55. The lowest BCUT2D eigenvalue weighted by Crippen LogP contribution is -2.15. The molecule has 1 aromatic rings. The van der Waals surface area contributed by atoms with Crippen LogP contribution in [-0.2, 0) is 9.53 Å². The van der Waals surface area contributed by atoms with E-state index in [1.54, 1.807) is 0 Å². The SMILES string of the molecule is COC(=O)[C@@H]1[C@H](/C=C/[Si](C)(C)C)[C@H]1c1ccccc1. The first-order valence-electron chi connectivity index (χ1n) is 6.76. The molecule has 3 atom stereocenters. The van der Waals surface area contributed by atoms with Gasteiger partial charge in [0.1, 0.15) is 0 Å². The van der Waals surface area contributed by atoms with Gasteiger partial charge >= 0.3 is 5.97 Å². The highest BCUT2D eigenvalue weighted by Gasteiger charge is 2.54. The lowest BCUT2D eigenvalue weighted by molar-refractivity contribution is -0.142. The lowest BCUT2D eigenvalue weighted by atomic mass is 10.1. The minimum atomic E-state index is -1.22. The van der Waals surface area contributed by atoms with Gasteiger partial charge < -0.3 is 4.74 Å². The molecule has 0 N–H and O–H groups in total. The van der Waals surface area contributed by atoms with Crippen molar-refractivity contribution in [2.24, 2.45) is 11.8 Å². The van der Waals surface area contributed by atoms with E-state index in [1.165, 1.54) is 12.7 Å². The van der Waals surface area contributed by atoms with Crippen molar-refractivity contribution in [2.75, 3.05) is 7.11 Å². The van der Waals surface area contributed by atoms with Crippen LogP contribution in [-0.4, -0.2) is 21.2 Å². The molecular weight excluding hydrogens is 252 g/mol. The Balaban J connectivity index is 2.18. The second-order valence-corrected chi connectivity index (χ2v) is 11.4. The fourth-order valence-corrected chi connectivity index (χ4v) is 3.32. The zero-order valence-electron chi connectivity index (χ0n) is 12.1. The fourth-order valence-electron chi connectivity index (χ4n) is 2.52. The van der Waals surface area contributed by atoms with Crippen LogP contribution >= 0.6 is 0 Å². The van der Waals surface area contributed by atoms with Gasteiger partial charge in [-0.05, 0) is 11.5 Å². The van der Waals surface area contributed by atoms with E-state index < -0.39 is 8.07 Å². The first-order valence-corrected chi connectivity index (χ1v) is 10.3. The molecule has 3 heteroatoms. The van der Waals surface area contributed by atoms with Gasteiger partial charge in [-0.1, -0.05) is 61.7 Å². The molecule has 0 aromatic heterocycles. The molecule has 2 rings (SSSR count). The van der Waals surface area contributed by atoms with Crippen LogP contribution in [0.15, 0.2) is 42.1 Å². The molecular formula is C16H22O2Si. The summed E-state index contributed by atoms with van der Waals surface area (Å²) in [5, 5.41) is 0. The van der Waals surface area contributed by atoms with Crippen LogP contribution in [0.2, 0.25) is 19.6 Å². The molecule has 1 aliphatic carbocycles. The molecule has 0 spiro atoms. The Hall–Kier alpha value is -1.35. The summed E-state index contributed by atoms with van der Waals surface area (Å²) in [6.07, 6.45) is 2.24. The van der Waals surface area contributed by atoms with Crippen molar-refractivity contribution in [1.82, 2.24) is 0 Å². The minimum absolute atomic E-state index is 0.000000000000000666. The quantitative estimate of drug-likeness (QED) is 0.619. The largest absolute Gasteiger partial charge is 0.469 e. The van der Waals surface area contributed by atoms with E-state index in [4.69, 9.17) is 4.74 Å². The van der Waals surface area contributed by atoms with Crippen LogP contribution in [0.1, 0.15) is 11.5 Å². The molecule has 1 aromatic carbocycles. The molecule has 1 fully saturated rings. The van der Waals surface area contributed by atoms with Gasteiger partial charge in [0.15, 0.2) is 0 Å². The summed E-state index contributed by atoms with van der Waals surface area (Å²) in [6.45, 7) is 6.91. The van der Waals surface area contributed by atoms with Crippen LogP contribution in [0.5, 0.6) is 0 Å². The smallest absolute Gasteiger partial charge is 0.309 e. The number of hydrogen-bond donors (Lipinski definition) is 0. The first-order chi connectivity index (χ1) is 8.94. The lowest BCUT2D eigenvalue weighted by Gasteiger charge is -2.07. The van der Waals surface area contributed by atoms with Crippen molar-refractivity contribution in [2.45, 2.75) is 25.6 Å². The summed E-state index contributed by atoms with van der Waals surface area (Å²) in [7, 11) is 0.256. The molecule has 0 heterocycles. The van der Waals surface area contributed by atoms with E-state index in [1.807, 2.05) is 18.2 Å². The van der Waals surface area contributed by atoms with E-state index in [0.29, 0.717) is 11.8 Å². The Kier molecular flexibility index (Phi) is 3.95. The number of carbonyl (C=O) groups excluding carboxylic acids is 1. The van der Waals surface area contributed by atoms with E-state index >= 15 is 0 Å². The normalized spacial score (nSPS) is 26.4. The van der Waals surface area contributed by atoms with Gasteiger partial charge in [-0.2, -0.15) is 0 Å². The monoisotopic (exact) mass is 274 g/mol. The molecule has 0 unspecified atom stereocenters. The van der Waals surface area contributed by atoms with Gasteiger partial charge in [0.2, 0.25) is 0 Å². The molecule has 0 saturated heterocycles. The van der Waals surface area contributed by atoms with Gasteiger partial charge in [0.05, 0.1) is 21.1 Å². The zero-order valence-corrected chi connectivity index (χ0v) is 13.1. The molecule has 0 amide bonds. The summed E-state index contributed by atoms with van der Waals surface area (Å²) in [6, 6.07) is 10.3. The summed E-state index contributed by atoms with van der Waals surface area (Å²) < 4.78 is 4.93. The Morgan fingerprint density at radius 3 is 2.37 bits per heavy atom. The number of carbonyl (C=O) groups is 1. The molecule has 0 bridgehead atoms. The average Bonchev–Trinajstić information content (AvgIpc) is 3.10. The van der Waals surface area contributed by atoms with E-state index in [-0.39, 0.29) is 11.9 Å². The van der Waals surface area contributed by atoms with Crippen molar-refractivity contribution in [3.05, 3.63) is 47.7 Å². The Bertz CT molecular complexity index is 473. The predicted octanol–water partition coefficient (Wildman–Crippen LogP) is 3.62. The number of allylic oxidation sites excluding steroid dienone is 1. The highest BCUT2D eigenvalue weighted by molar-refractivity contribution is 6.80. The maximum atomic E-state index is 11.8. The summed E-state index contributed by atoms with van der Waals surface area (Å²) in [5.74, 6) is 0.516. The predicted molar refractivity (Wildman–Crippen MR) is 80.7 cm³/mol. The number of hydrogen-bond acceptors (Lipinski definition) is 2. The van der Waals surface area contributed by atoms with Gasteiger partial charge in [-0.3, -0.25) is 4.79 Å². The number of methoxy groups -OCH3 is 1. The average molecular weight is 274 g/mol. The highest BCUT2D eigenvalue weighted by Crippen LogP contribution is 2.55. The first kappa shape index (κ1) is 14.1. The van der Waals surface area contributed by atoms with E-state index in [0.717, 1.165) is 0 Å². The maximum Gasteiger partial charge on any atom is 0.309 e. The Morgan fingerprint density at radius 1 is 1.21 bits per heavy atom. The number of ether oxygens (including phenoxy) is 1. The van der Waals surface area contributed by atoms with Crippen LogP contribution in [0.3, 0.4) is 0 Å². The molecule has 0 radical (unpaired) electrons.